The van der Waals surface area contributed by atoms with Crippen molar-refractivity contribution in [1.29, 1.82) is 0 Å². The van der Waals surface area contributed by atoms with E-state index in [0.29, 0.717) is 16.1 Å². The summed E-state index contributed by atoms with van der Waals surface area (Å²) < 4.78 is 31.4. The van der Waals surface area contributed by atoms with Crippen molar-refractivity contribution < 1.29 is 18.3 Å². The van der Waals surface area contributed by atoms with Crippen LogP contribution in [0, 0.1) is 34.6 Å². The van der Waals surface area contributed by atoms with Crippen LogP contribution in [-0.2, 0) is 14.8 Å². The summed E-state index contributed by atoms with van der Waals surface area (Å²) in [4.78, 5) is 16.3. The molecular weight excluding hydrogens is 462 g/mol. The number of anilines is 1. The number of nitrogens with one attached hydrogen (secondary N) is 1. The fourth-order valence-corrected chi connectivity index (χ4v) is 6.29. The molecule has 0 aliphatic heterocycles. The SMILES string of the molecule is Cc1c(C)c(C)c(S(=O)(=O)Nc2ccc3c(c2)ncn3C(CC(=O)O)c2ccccc2)c(C)c1C. The van der Waals surface area contributed by atoms with Crippen molar-refractivity contribution in [3.63, 3.8) is 0 Å². The molecule has 3 aromatic carbocycles. The van der Waals surface area contributed by atoms with Crippen LogP contribution in [-0.4, -0.2) is 29.0 Å². The van der Waals surface area contributed by atoms with Gasteiger partial charge in [-0.25, -0.2) is 13.4 Å². The molecule has 35 heavy (non-hydrogen) atoms. The summed E-state index contributed by atoms with van der Waals surface area (Å²) in [5, 5.41) is 9.49. The molecule has 8 heteroatoms. The second-order valence-corrected chi connectivity index (χ2v) is 10.6. The molecule has 0 amide bonds. The Morgan fingerprint density at radius 3 is 2.14 bits per heavy atom. The van der Waals surface area contributed by atoms with E-state index in [1.54, 1.807) is 24.5 Å². The van der Waals surface area contributed by atoms with E-state index >= 15 is 0 Å². The van der Waals surface area contributed by atoms with E-state index in [-0.39, 0.29) is 6.42 Å². The van der Waals surface area contributed by atoms with Gasteiger partial charge in [0.2, 0.25) is 0 Å². The molecule has 0 spiro atoms. The van der Waals surface area contributed by atoms with Crippen molar-refractivity contribution >= 4 is 32.7 Å². The molecule has 7 nitrogen and oxygen atoms in total. The van der Waals surface area contributed by atoms with Crippen molar-refractivity contribution in [3.05, 3.63) is 88.2 Å². The molecule has 0 saturated carbocycles. The van der Waals surface area contributed by atoms with E-state index in [1.165, 1.54) is 0 Å². The maximum Gasteiger partial charge on any atom is 0.305 e. The van der Waals surface area contributed by atoms with Gasteiger partial charge in [-0.3, -0.25) is 9.52 Å². The Hall–Kier alpha value is -3.65. The van der Waals surface area contributed by atoms with Crippen LogP contribution in [0.5, 0.6) is 0 Å². The third-order valence-electron chi connectivity index (χ3n) is 6.92. The minimum atomic E-state index is -3.84. The summed E-state index contributed by atoms with van der Waals surface area (Å²) in [5.74, 6) is -0.917. The third-order valence-corrected chi connectivity index (χ3v) is 8.57. The van der Waals surface area contributed by atoms with E-state index in [0.717, 1.165) is 38.9 Å². The predicted molar refractivity (Wildman–Crippen MR) is 138 cm³/mol. The number of rotatable bonds is 7. The Labute approximate surface area is 205 Å². The molecule has 1 heterocycles. The lowest BCUT2D eigenvalue weighted by Gasteiger charge is -2.20. The first-order chi connectivity index (χ1) is 16.5. The molecule has 182 valence electrons. The van der Waals surface area contributed by atoms with Gasteiger partial charge < -0.3 is 9.67 Å². The molecule has 4 rings (SSSR count). The number of nitrogens with zero attached hydrogens (tertiary/aromatic N) is 2. The van der Waals surface area contributed by atoms with Crippen LogP contribution in [0.3, 0.4) is 0 Å². The van der Waals surface area contributed by atoms with E-state index in [1.807, 2.05) is 69.5 Å². The summed E-state index contributed by atoms with van der Waals surface area (Å²) in [6.45, 7) is 9.55. The molecule has 0 bridgehead atoms. The number of aliphatic carboxylic acids is 1. The number of sulfonamides is 1. The Bertz CT molecular complexity index is 1510. The number of carboxylic acids is 1. The number of carbonyl (C=O) groups is 1. The van der Waals surface area contributed by atoms with Gasteiger partial charge >= 0.3 is 5.97 Å². The highest BCUT2D eigenvalue weighted by Crippen LogP contribution is 2.32. The van der Waals surface area contributed by atoms with Crippen LogP contribution in [0.1, 0.15) is 45.8 Å². The van der Waals surface area contributed by atoms with E-state index in [9.17, 15) is 18.3 Å². The maximum absolute atomic E-state index is 13.4. The molecular formula is C27H29N3O4S. The number of imidazole rings is 1. The van der Waals surface area contributed by atoms with Crippen molar-refractivity contribution in [2.45, 2.75) is 52.0 Å². The molecule has 1 unspecified atom stereocenters. The Morgan fingerprint density at radius 1 is 0.943 bits per heavy atom. The highest BCUT2D eigenvalue weighted by molar-refractivity contribution is 7.92. The Morgan fingerprint density at radius 2 is 1.54 bits per heavy atom. The fourth-order valence-electron chi connectivity index (χ4n) is 4.64. The number of aromatic nitrogens is 2. The summed E-state index contributed by atoms with van der Waals surface area (Å²) in [7, 11) is -3.84. The molecule has 1 atom stereocenters. The van der Waals surface area contributed by atoms with Crippen molar-refractivity contribution in [1.82, 2.24) is 9.55 Å². The van der Waals surface area contributed by atoms with Crippen molar-refractivity contribution in [2.24, 2.45) is 0 Å². The van der Waals surface area contributed by atoms with Gasteiger partial charge in [0.1, 0.15) is 0 Å². The minimum Gasteiger partial charge on any atom is -0.481 e. The number of fused-ring (bicyclic) bond motifs is 1. The zero-order valence-electron chi connectivity index (χ0n) is 20.5. The lowest BCUT2D eigenvalue weighted by molar-refractivity contribution is -0.137. The van der Waals surface area contributed by atoms with Crippen LogP contribution >= 0.6 is 0 Å². The standard InChI is InChI=1S/C27H29N3O4S/c1-16-17(2)19(4)27(20(5)18(16)3)35(33,34)29-22-11-12-24-23(13-22)28-15-30(24)25(14-26(31)32)21-9-7-6-8-10-21/h6-13,15,25,29H,14H2,1-5H3,(H,31,32). The van der Waals surface area contributed by atoms with E-state index in [2.05, 4.69) is 9.71 Å². The first-order valence-corrected chi connectivity index (χ1v) is 12.8. The van der Waals surface area contributed by atoms with Gasteiger partial charge in [-0.15, -0.1) is 0 Å². The molecule has 0 fully saturated rings. The monoisotopic (exact) mass is 491 g/mol. The third kappa shape index (κ3) is 4.53. The van der Waals surface area contributed by atoms with Crippen molar-refractivity contribution in [2.75, 3.05) is 4.72 Å². The number of carboxylic acid groups (broad SMARTS) is 1. The Kier molecular flexibility index (Phi) is 6.42. The number of benzene rings is 3. The van der Waals surface area contributed by atoms with Gasteiger partial charge in [-0.2, -0.15) is 0 Å². The van der Waals surface area contributed by atoms with Crippen LogP contribution in [0.4, 0.5) is 5.69 Å². The topological polar surface area (TPSA) is 101 Å². The molecule has 1 aromatic heterocycles. The highest BCUT2D eigenvalue weighted by Gasteiger charge is 2.25. The van der Waals surface area contributed by atoms with Gasteiger partial charge in [0.15, 0.2) is 0 Å². The van der Waals surface area contributed by atoms with Gasteiger partial charge in [-0.05, 0) is 86.2 Å². The highest BCUT2D eigenvalue weighted by atomic mass is 32.2. The van der Waals surface area contributed by atoms with Gasteiger partial charge in [0.25, 0.3) is 10.0 Å². The molecule has 0 saturated heterocycles. The fraction of sp³-hybridized carbons (Fsp3) is 0.259. The van der Waals surface area contributed by atoms with Crippen molar-refractivity contribution in [3.8, 4) is 0 Å². The molecule has 4 aromatic rings. The summed E-state index contributed by atoms with van der Waals surface area (Å²) in [6, 6.07) is 14.1. The first-order valence-electron chi connectivity index (χ1n) is 11.3. The van der Waals surface area contributed by atoms with Crippen LogP contribution in [0.2, 0.25) is 0 Å². The molecule has 0 aliphatic rings. The average Bonchev–Trinajstić information content (AvgIpc) is 3.23. The van der Waals surface area contributed by atoms with E-state index in [4.69, 9.17) is 0 Å². The van der Waals surface area contributed by atoms with Gasteiger partial charge in [0, 0.05) is 0 Å². The summed E-state index contributed by atoms with van der Waals surface area (Å²) >= 11 is 0. The summed E-state index contributed by atoms with van der Waals surface area (Å²) in [6.07, 6.45) is 1.50. The molecule has 0 radical (unpaired) electrons. The lowest BCUT2D eigenvalue weighted by Crippen LogP contribution is -2.17. The quantitative estimate of drug-likeness (QED) is 0.358. The lowest BCUT2D eigenvalue weighted by atomic mass is 9.95. The van der Waals surface area contributed by atoms with Crippen LogP contribution in [0.15, 0.2) is 59.8 Å². The normalized spacial score (nSPS) is 12.6. The van der Waals surface area contributed by atoms with Crippen LogP contribution in [0.25, 0.3) is 11.0 Å². The maximum atomic E-state index is 13.4. The van der Waals surface area contributed by atoms with Crippen LogP contribution < -0.4 is 4.72 Å². The number of hydrogen-bond donors (Lipinski definition) is 2. The second kappa shape index (κ2) is 9.19. The van der Waals surface area contributed by atoms with E-state index < -0.39 is 22.0 Å². The van der Waals surface area contributed by atoms with Gasteiger partial charge in [0.05, 0.1) is 40.4 Å². The zero-order valence-corrected chi connectivity index (χ0v) is 21.3. The molecule has 2 N–H and O–H groups in total. The summed E-state index contributed by atoms with van der Waals surface area (Å²) in [5.41, 5.74) is 7.05. The Balaban J connectivity index is 1.73. The largest absolute Gasteiger partial charge is 0.481 e. The first kappa shape index (κ1) is 24.5. The minimum absolute atomic E-state index is 0.103. The smallest absolute Gasteiger partial charge is 0.305 e. The average molecular weight is 492 g/mol. The second-order valence-electron chi connectivity index (χ2n) is 8.94. The van der Waals surface area contributed by atoms with Gasteiger partial charge in [-0.1, -0.05) is 30.3 Å². The predicted octanol–water partition coefficient (Wildman–Crippen LogP) is 5.44. The molecule has 0 aliphatic carbocycles. The zero-order chi connectivity index (χ0) is 25.5. The number of hydrogen-bond acceptors (Lipinski definition) is 4.